The summed E-state index contributed by atoms with van der Waals surface area (Å²) in [5.41, 5.74) is 8.94. The Bertz CT molecular complexity index is 982. The summed E-state index contributed by atoms with van der Waals surface area (Å²) in [4.78, 5) is 21.0. The zero-order chi connectivity index (χ0) is 20.3. The number of nitrogens with zero attached hydrogens (tertiary/aromatic N) is 1. The molecule has 0 aliphatic heterocycles. The van der Waals surface area contributed by atoms with Crippen LogP contribution in [-0.2, 0) is 6.61 Å². The Kier molecular flexibility index (Phi) is 6.23. The molecular weight excluding hydrogens is 379 g/mol. The fourth-order valence-corrected chi connectivity index (χ4v) is 3.93. The van der Waals surface area contributed by atoms with Gasteiger partial charge in [-0.05, 0) is 68.3 Å². The van der Waals surface area contributed by atoms with E-state index >= 15 is 0 Å². The Morgan fingerprint density at radius 3 is 2.79 bits per heavy atom. The molecule has 1 amide bonds. The molecule has 0 bridgehead atoms. The lowest BCUT2D eigenvalue weighted by atomic mass is 10.1. The van der Waals surface area contributed by atoms with Gasteiger partial charge in [-0.3, -0.25) is 4.79 Å². The Labute approximate surface area is 166 Å². The minimum absolute atomic E-state index is 0.0795. The number of rotatable bonds is 7. The average molecular weight is 402 g/mol. The van der Waals surface area contributed by atoms with Gasteiger partial charge in [-0.1, -0.05) is 0 Å². The van der Waals surface area contributed by atoms with E-state index in [9.17, 15) is 14.3 Å². The number of thiazole rings is 1. The number of aliphatic hydroxyl groups is 1. The number of H-pyrrole nitrogens is 1. The lowest BCUT2D eigenvalue weighted by molar-refractivity contribution is 0.0930. The summed E-state index contributed by atoms with van der Waals surface area (Å²) < 4.78 is 13.5. The number of carbonyl (C=O) groups is 1. The maximum Gasteiger partial charge on any atom is 0.268 e. The van der Waals surface area contributed by atoms with Gasteiger partial charge in [0.2, 0.25) is 0 Å². The van der Waals surface area contributed by atoms with Crippen molar-refractivity contribution in [2.75, 3.05) is 6.54 Å². The molecule has 1 atom stereocenters. The number of aryl methyl sites for hydroxylation is 2. The molecule has 8 heteroatoms. The van der Waals surface area contributed by atoms with Gasteiger partial charge in [0.15, 0.2) is 0 Å². The number of halogens is 1. The van der Waals surface area contributed by atoms with Crippen molar-refractivity contribution in [1.29, 1.82) is 0 Å². The van der Waals surface area contributed by atoms with E-state index in [0.29, 0.717) is 24.2 Å². The van der Waals surface area contributed by atoms with Gasteiger partial charge in [-0.25, -0.2) is 9.37 Å². The maximum atomic E-state index is 13.5. The molecule has 2 aromatic heterocycles. The second-order valence-electron chi connectivity index (χ2n) is 6.57. The highest BCUT2D eigenvalue weighted by molar-refractivity contribution is 7.11. The highest BCUT2D eigenvalue weighted by atomic mass is 32.1. The molecule has 6 nitrogen and oxygen atoms in total. The first-order chi connectivity index (χ1) is 13.4. The summed E-state index contributed by atoms with van der Waals surface area (Å²) in [7, 11) is 0. The van der Waals surface area contributed by atoms with Crippen LogP contribution < -0.4 is 11.1 Å². The van der Waals surface area contributed by atoms with Gasteiger partial charge in [-0.15, -0.1) is 11.3 Å². The number of aromatic nitrogens is 2. The van der Waals surface area contributed by atoms with Crippen molar-refractivity contribution in [3.8, 4) is 11.3 Å². The minimum atomic E-state index is -0.332. The number of amides is 1. The highest BCUT2D eigenvalue weighted by Gasteiger charge is 2.21. The van der Waals surface area contributed by atoms with Gasteiger partial charge in [0, 0.05) is 5.69 Å². The largest absolute Gasteiger partial charge is 0.391 e. The van der Waals surface area contributed by atoms with Crippen molar-refractivity contribution in [3.63, 3.8) is 0 Å². The molecule has 0 saturated carbocycles. The van der Waals surface area contributed by atoms with Crippen molar-refractivity contribution >= 4 is 17.2 Å². The maximum absolute atomic E-state index is 13.5. The highest BCUT2D eigenvalue weighted by Crippen LogP contribution is 2.26. The number of hydrogen-bond acceptors (Lipinski definition) is 5. The van der Waals surface area contributed by atoms with E-state index in [1.54, 1.807) is 31.2 Å². The van der Waals surface area contributed by atoms with Gasteiger partial charge in [0.05, 0.1) is 23.2 Å². The number of carbonyl (C=O) groups excluding carboxylic acids is 1. The second kappa shape index (κ2) is 8.64. The van der Waals surface area contributed by atoms with Crippen molar-refractivity contribution in [3.05, 3.63) is 63.0 Å². The first-order valence-corrected chi connectivity index (χ1v) is 9.78. The topological polar surface area (TPSA) is 104 Å². The normalized spacial score (nSPS) is 12.2. The quantitative estimate of drug-likeness (QED) is 0.487. The molecule has 0 saturated heterocycles. The van der Waals surface area contributed by atoms with E-state index < -0.39 is 0 Å². The molecule has 5 N–H and O–H groups in total. The summed E-state index contributed by atoms with van der Waals surface area (Å²) in [5, 5.41) is 13.1. The van der Waals surface area contributed by atoms with Crippen LogP contribution in [0.4, 0.5) is 4.39 Å². The van der Waals surface area contributed by atoms with Crippen LogP contribution in [0.25, 0.3) is 11.3 Å². The van der Waals surface area contributed by atoms with Crippen LogP contribution in [0, 0.1) is 19.7 Å². The van der Waals surface area contributed by atoms with Gasteiger partial charge >= 0.3 is 0 Å². The zero-order valence-electron chi connectivity index (χ0n) is 15.8. The first-order valence-electron chi connectivity index (χ1n) is 8.96. The van der Waals surface area contributed by atoms with E-state index in [1.165, 1.54) is 17.4 Å². The Morgan fingerprint density at radius 1 is 1.36 bits per heavy atom. The van der Waals surface area contributed by atoms with Gasteiger partial charge in [0.25, 0.3) is 5.91 Å². The molecule has 1 unspecified atom stereocenters. The lowest BCUT2D eigenvalue weighted by Gasteiger charge is -2.15. The third-order valence-electron chi connectivity index (χ3n) is 4.51. The molecule has 2 heterocycles. The number of nitrogens with two attached hydrogens (primary N) is 1. The van der Waals surface area contributed by atoms with Crippen LogP contribution in [0.15, 0.2) is 30.3 Å². The predicted molar refractivity (Wildman–Crippen MR) is 108 cm³/mol. The van der Waals surface area contributed by atoms with Crippen LogP contribution in [0.5, 0.6) is 0 Å². The fourth-order valence-electron chi connectivity index (χ4n) is 2.91. The third kappa shape index (κ3) is 4.30. The minimum Gasteiger partial charge on any atom is -0.391 e. The first kappa shape index (κ1) is 20.2. The summed E-state index contributed by atoms with van der Waals surface area (Å²) >= 11 is 1.37. The molecule has 0 aliphatic rings. The molecular formula is C20H23FN4O2S. The molecule has 3 aromatic rings. The number of nitrogens with one attached hydrogen (secondary N) is 2. The lowest BCUT2D eigenvalue weighted by Crippen LogP contribution is -2.30. The molecule has 28 heavy (non-hydrogen) atoms. The number of aromatic amines is 1. The van der Waals surface area contributed by atoms with Crippen molar-refractivity contribution in [2.24, 2.45) is 5.73 Å². The van der Waals surface area contributed by atoms with E-state index in [1.807, 2.05) is 6.92 Å². The molecule has 1 aromatic carbocycles. The van der Waals surface area contributed by atoms with Crippen molar-refractivity contribution in [1.82, 2.24) is 15.3 Å². The van der Waals surface area contributed by atoms with Crippen molar-refractivity contribution < 1.29 is 14.3 Å². The SMILES string of the molecule is Cc1cc(-c2ccc(C(=O)NC(CCN)c3nc(C)c(CO)s3)[nH]2)ccc1F. The van der Waals surface area contributed by atoms with Gasteiger partial charge in [0.1, 0.15) is 16.5 Å². The Morgan fingerprint density at radius 2 is 2.14 bits per heavy atom. The molecule has 3 rings (SSSR count). The standard InChI is InChI=1S/C20H23FN4O2S/c1-11-9-13(3-4-14(11)21)15-5-6-16(24-15)19(27)25-17(7-8-22)20-23-12(2)18(10-26)28-20/h3-6,9,17,24,26H,7-8,10,22H2,1-2H3,(H,25,27). The van der Waals surface area contributed by atoms with E-state index in [4.69, 9.17) is 5.73 Å². The number of hydrogen-bond donors (Lipinski definition) is 4. The second-order valence-corrected chi connectivity index (χ2v) is 7.69. The van der Waals surface area contributed by atoms with E-state index in [2.05, 4.69) is 15.3 Å². The average Bonchev–Trinajstić information content (AvgIpc) is 3.30. The van der Waals surface area contributed by atoms with Crippen LogP contribution in [0.3, 0.4) is 0 Å². The summed E-state index contributed by atoms with van der Waals surface area (Å²) in [5.74, 6) is -0.541. The smallest absolute Gasteiger partial charge is 0.268 e. The van der Waals surface area contributed by atoms with Gasteiger partial charge in [-0.2, -0.15) is 0 Å². The number of benzene rings is 1. The molecule has 148 valence electrons. The van der Waals surface area contributed by atoms with Crippen LogP contribution >= 0.6 is 11.3 Å². The fraction of sp³-hybridized carbons (Fsp3) is 0.300. The molecule has 0 spiro atoms. The Hall–Kier alpha value is -2.55. The van der Waals surface area contributed by atoms with E-state index in [-0.39, 0.29) is 24.4 Å². The van der Waals surface area contributed by atoms with Crippen LogP contribution in [0.1, 0.15) is 44.1 Å². The summed E-state index contributed by atoms with van der Waals surface area (Å²) in [6.45, 7) is 3.84. The van der Waals surface area contributed by atoms with E-state index in [0.717, 1.165) is 26.8 Å². The molecule has 0 aliphatic carbocycles. The number of aliphatic hydroxyl groups excluding tert-OH is 1. The summed E-state index contributed by atoms with van der Waals surface area (Å²) in [6.07, 6.45) is 0.536. The predicted octanol–water partition coefficient (Wildman–Crippen LogP) is 3.21. The molecule has 0 fully saturated rings. The van der Waals surface area contributed by atoms with Gasteiger partial charge < -0.3 is 21.1 Å². The van der Waals surface area contributed by atoms with Crippen LogP contribution in [-0.4, -0.2) is 27.5 Å². The zero-order valence-corrected chi connectivity index (χ0v) is 16.6. The summed E-state index contributed by atoms with van der Waals surface area (Å²) in [6, 6.07) is 7.95. The van der Waals surface area contributed by atoms with Crippen molar-refractivity contribution in [2.45, 2.75) is 32.9 Å². The van der Waals surface area contributed by atoms with Crippen LogP contribution in [0.2, 0.25) is 0 Å². The third-order valence-corrected chi connectivity index (χ3v) is 5.77. The Balaban J connectivity index is 1.78. The molecule has 0 radical (unpaired) electrons. The monoisotopic (exact) mass is 402 g/mol.